The number of carbonyl (C=O) groups excluding carboxylic acids is 1. The van der Waals surface area contributed by atoms with E-state index in [1.165, 1.54) is 12.1 Å². The van der Waals surface area contributed by atoms with Crippen molar-refractivity contribution < 1.29 is 36.9 Å². The van der Waals surface area contributed by atoms with Crippen LogP contribution in [0.25, 0.3) is 5.57 Å². The third-order valence-corrected chi connectivity index (χ3v) is 6.72. The predicted octanol–water partition coefficient (Wildman–Crippen LogP) is 7.09. The van der Waals surface area contributed by atoms with Gasteiger partial charge in [0.2, 0.25) is 5.91 Å². The van der Waals surface area contributed by atoms with Crippen LogP contribution in [0.3, 0.4) is 0 Å². The molecule has 0 bridgehead atoms. The second-order valence-corrected chi connectivity index (χ2v) is 9.95. The van der Waals surface area contributed by atoms with Crippen molar-refractivity contribution in [2.45, 2.75) is 86.0 Å². The van der Waals surface area contributed by atoms with Gasteiger partial charge in [-0.1, -0.05) is 44.6 Å². The van der Waals surface area contributed by atoms with Crippen molar-refractivity contribution in [3.63, 3.8) is 0 Å². The lowest BCUT2D eigenvalue weighted by Crippen LogP contribution is -2.26. The monoisotopic (exact) mass is 593 g/mol. The van der Waals surface area contributed by atoms with E-state index in [9.17, 15) is 22.4 Å². The van der Waals surface area contributed by atoms with Gasteiger partial charge in [-0.15, -0.1) is 0 Å². The number of rotatable bonds is 15. The molecule has 0 spiro atoms. The molecule has 42 heavy (non-hydrogen) atoms. The van der Waals surface area contributed by atoms with E-state index in [4.69, 9.17) is 14.6 Å². The Bertz CT molecular complexity index is 1290. The van der Waals surface area contributed by atoms with E-state index < -0.39 is 25.2 Å². The number of carbonyl (C=O) groups is 1. The summed E-state index contributed by atoms with van der Waals surface area (Å²) >= 11 is 0. The Hall–Kier alpha value is -3.73. The maximum atomic E-state index is 13.8. The molecule has 1 atom stereocenters. The van der Waals surface area contributed by atoms with E-state index in [-0.39, 0.29) is 24.0 Å². The first-order valence-corrected chi connectivity index (χ1v) is 13.7. The molecule has 2 aromatic rings. The minimum absolute atomic E-state index is 0.0177. The molecule has 230 valence electrons. The highest BCUT2D eigenvalue weighted by Gasteiger charge is 2.26. The van der Waals surface area contributed by atoms with E-state index in [1.54, 1.807) is 37.5 Å². The first-order valence-electron chi connectivity index (χ1n) is 13.7. The Morgan fingerprint density at radius 2 is 1.81 bits per heavy atom. The van der Waals surface area contributed by atoms with E-state index >= 15 is 0 Å². The molecule has 1 amide bonds. The summed E-state index contributed by atoms with van der Waals surface area (Å²) in [5.74, 6) is -0.373. The molecular weight excluding hydrogens is 554 g/mol. The fourth-order valence-electron chi connectivity index (χ4n) is 3.94. The Labute approximate surface area is 244 Å². The van der Waals surface area contributed by atoms with Gasteiger partial charge in [0.25, 0.3) is 0 Å². The number of ether oxygens (including phenoxy) is 2. The molecule has 11 heteroatoms. The number of alkyl halides is 4. The van der Waals surface area contributed by atoms with Gasteiger partial charge in [0, 0.05) is 25.7 Å². The average Bonchev–Trinajstić information content (AvgIpc) is 2.95. The Balaban J connectivity index is 2.44. The molecule has 1 unspecified atom stereocenters. The molecule has 7 nitrogen and oxygen atoms in total. The second-order valence-electron chi connectivity index (χ2n) is 9.95. The SMILES string of the molecule is CC/C(C)=C(/C=C\C(OC(F)F)=C(/C)c1ccc(C(C)CC)c(OC(C)(F)F)c1)Cc1cnc(CNC(=O)CO)nc1. The maximum Gasteiger partial charge on any atom is 0.394 e. The van der Waals surface area contributed by atoms with Gasteiger partial charge < -0.3 is 19.9 Å². The van der Waals surface area contributed by atoms with Crippen molar-refractivity contribution in [3.8, 4) is 5.75 Å². The smallest absolute Gasteiger partial charge is 0.394 e. The summed E-state index contributed by atoms with van der Waals surface area (Å²) in [5.41, 5.74) is 3.88. The number of hydrogen-bond acceptors (Lipinski definition) is 6. The molecule has 0 fully saturated rings. The van der Waals surface area contributed by atoms with Crippen molar-refractivity contribution in [3.05, 3.63) is 82.2 Å². The molecule has 1 aromatic heterocycles. The van der Waals surface area contributed by atoms with Crippen molar-refractivity contribution in [1.29, 1.82) is 0 Å². The highest BCUT2D eigenvalue weighted by Crippen LogP contribution is 2.35. The van der Waals surface area contributed by atoms with Crippen LogP contribution >= 0.6 is 0 Å². The van der Waals surface area contributed by atoms with Gasteiger partial charge in [-0.2, -0.15) is 17.6 Å². The summed E-state index contributed by atoms with van der Waals surface area (Å²) in [6.45, 7) is 6.26. The lowest BCUT2D eigenvalue weighted by Gasteiger charge is -2.21. The molecule has 0 aliphatic carbocycles. The molecule has 0 radical (unpaired) electrons. The quantitative estimate of drug-likeness (QED) is 0.130. The van der Waals surface area contributed by atoms with Gasteiger partial charge in [-0.05, 0) is 72.6 Å². The minimum atomic E-state index is -3.42. The number of hydrogen-bond donors (Lipinski definition) is 2. The van der Waals surface area contributed by atoms with E-state index in [0.29, 0.717) is 48.7 Å². The molecule has 1 aromatic carbocycles. The van der Waals surface area contributed by atoms with Crippen LogP contribution in [-0.4, -0.2) is 40.3 Å². The molecule has 0 aliphatic rings. The molecule has 0 saturated carbocycles. The fourth-order valence-corrected chi connectivity index (χ4v) is 3.94. The van der Waals surface area contributed by atoms with Gasteiger partial charge in [-0.3, -0.25) is 4.79 Å². The van der Waals surface area contributed by atoms with Gasteiger partial charge >= 0.3 is 12.7 Å². The number of nitrogens with zero attached hydrogens (tertiary/aromatic N) is 2. The molecule has 2 rings (SSSR count). The van der Waals surface area contributed by atoms with E-state index in [0.717, 1.165) is 16.7 Å². The van der Waals surface area contributed by atoms with Crippen LogP contribution in [0.2, 0.25) is 0 Å². The number of nitrogens with one attached hydrogen (secondary N) is 1. The Morgan fingerprint density at radius 3 is 2.36 bits per heavy atom. The van der Waals surface area contributed by atoms with Gasteiger partial charge in [0.15, 0.2) is 0 Å². The normalized spacial score (nSPS) is 14.0. The van der Waals surface area contributed by atoms with Crippen molar-refractivity contribution in [1.82, 2.24) is 15.3 Å². The number of halogens is 4. The van der Waals surface area contributed by atoms with Crippen LogP contribution in [-0.2, 0) is 22.5 Å². The zero-order valence-corrected chi connectivity index (χ0v) is 24.8. The molecule has 0 aliphatic heterocycles. The zero-order chi connectivity index (χ0) is 31.4. The summed E-state index contributed by atoms with van der Waals surface area (Å²) in [5, 5.41) is 11.3. The Morgan fingerprint density at radius 1 is 1.14 bits per heavy atom. The first-order chi connectivity index (χ1) is 19.8. The summed E-state index contributed by atoms with van der Waals surface area (Å²) in [4.78, 5) is 19.7. The molecule has 2 N–H and O–H groups in total. The summed E-state index contributed by atoms with van der Waals surface area (Å²) in [6, 6.07) is 4.77. The van der Waals surface area contributed by atoms with E-state index in [2.05, 4.69) is 15.3 Å². The van der Waals surface area contributed by atoms with Crippen molar-refractivity contribution >= 4 is 11.5 Å². The number of aromatic nitrogens is 2. The molecule has 0 saturated heterocycles. The van der Waals surface area contributed by atoms with Crippen LogP contribution in [0.15, 0.2) is 59.7 Å². The third kappa shape index (κ3) is 10.9. The number of benzene rings is 1. The lowest BCUT2D eigenvalue weighted by atomic mass is 9.94. The predicted molar refractivity (Wildman–Crippen MR) is 153 cm³/mol. The molecule has 1 heterocycles. The first kappa shape index (κ1) is 34.5. The van der Waals surface area contributed by atoms with Crippen LogP contribution in [0, 0.1) is 0 Å². The highest BCUT2D eigenvalue weighted by molar-refractivity contribution is 5.76. The van der Waals surface area contributed by atoms with Crippen LogP contribution < -0.4 is 10.1 Å². The molecular formula is C31H39F4N3O4. The third-order valence-electron chi connectivity index (χ3n) is 6.72. The topological polar surface area (TPSA) is 93.6 Å². The summed E-state index contributed by atoms with van der Waals surface area (Å²) < 4.78 is 64.4. The van der Waals surface area contributed by atoms with Crippen LogP contribution in [0.1, 0.15) is 82.8 Å². The maximum absolute atomic E-state index is 13.8. The summed E-state index contributed by atoms with van der Waals surface area (Å²) in [7, 11) is 0. The Kier molecular flexibility index (Phi) is 13.2. The van der Waals surface area contributed by atoms with E-state index in [1.807, 2.05) is 27.7 Å². The van der Waals surface area contributed by atoms with Crippen molar-refractivity contribution in [2.24, 2.45) is 0 Å². The van der Waals surface area contributed by atoms with Gasteiger partial charge in [-0.25, -0.2) is 9.97 Å². The number of allylic oxidation sites excluding steroid dienone is 5. The average molecular weight is 594 g/mol. The second kappa shape index (κ2) is 16.1. The zero-order valence-electron chi connectivity index (χ0n) is 24.8. The fraction of sp³-hybridized carbons (Fsp3) is 0.452. The number of amides is 1. The highest BCUT2D eigenvalue weighted by atomic mass is 19.3. The largest absolute Gasteiger partial charge is 0.435 e. The van der Waals surface area contributed by atoms with Gasteiger partial charge in [0.05, 0.1) is 6.54 Å². The number of aliphatic hydroxyl groups is 1. The minimum Gasteiger partial charge on any atom is -0.435 e. The van der Waals surface area contributed by atoms with Crippen LogP contribution in [0.5, 0.6) is 5.75 Å². The number of aliphatic hydroxyl groups excluding tert-OH is 1. The van der Waals surface area contributed by atoms with Crippen LogP contribution in [0.4, 0.5) is 17.6 Å². The summed E-state index contributed by atoms with van der Waals surface area (Å²) in [6.07, 6.45) is 4.69. The van der Waals surface area contributed by atoms with Crippen molar-refractivity contribution in [2.75, 3.05) is 6.61 Å². The standard InChI is InChI=1S/C31H39F4N3O4/c1-7-19(3)23(13-22-15-36-28(37-16-22)17-38-29(40)18-39)10-12-26(41-30(32)33)21(5)24-9-11-25(20(4)8-2)27(14-24)42-31(6,34)35/h9-12,14-16,20,30,39H,7-8,13,17-18H2,1-6H3,(H,38,40)/b12-10-,23-19-,26-21-. The lowest BCUT2D eigenvalue weighted by molar-refractivity contribution is -0.159. The van der Waals surface area contributed by atoms with Gasteiger partial charge in [0.1, 0.15) is 23.9 Å².